The number of benzene rings is 2. The fourth-order valence-corrected chi connectivity index (χ4v) is 2.81. The van der Waals surface area contributed by atoms with Gasteiger partial charge in [-0.05, 0) is 36.2 Å². The molecule has 5 heteroatoms. The minimum Gasteiger partial charge on any atom is -0.491 e. The fourth-order valence-electron chi connectivity index (χ4n) is 2.81. The Bertz CT molecular complexity index is 759. The van der Waals surface area contributed by atoms with Gasteiger partial charge in [0.2, 0.25) is 0 Å². The molecule has 0 saturated heterocycles. The number of hydrogen-bond donors (Lipinski definition) is 0. The first-order valence-corrected chi connectivity index (χ1v) is 9.42. The van der Waals surface area contributed by atoms with E-state index in [1.54, 1.807) is 6.07 Å². The minimum absolute atomic E-state index is 0.114. The summed E-state index contributed by atoms with van der Waals surface area (Å²) < 4.78 is 38.9. The molecule has 0 radical (unpaired) electrons. The molecule has 0 saturated carbocycles. The van der Waals surface area contributed by atoms with Crippen LogP contribution in [0.3, 0.4) is 0 Å². The smallest absolute Gasteiger partial charge is 0.308 e. The van der Waals surface area contributed by atoms with E-state index in [2.05, 4.69) is 6.92 Å². The Morgan fingerprint density at radius 2 is 1.67 bits per heavy atom. The van der Waals surface area contributed by atoms with Crippen molar-refractivity contribution < 1.29 is 23.0 Å². The average molecular weight is 376 g/mol. The van der Waals surface area contributed by atoms with E-state index in [-0.39, 0.29) is 17.1 Å². The SMILES string of the molecule is CCCCCCCCOc1ccc(-c2ccc(OC(C)=O)cc2F)cc1F. The van der Waals surface area contributed by atoms with Crippen molar-refractivity contribution in [1.82, 2.24) is 0 Å². The van der Waals surface area contributed by atoms with Crippen LogP contribution in [-0.4, -0.2) is 12.6 Å². The van der Waals surface area contributed by atoms with Crippen LogP contribution in [0.25, 0.3) is 11.1 Å². The van der Waals surface area contributed by atoms with Crippen LogP contribution in [0.4, 0.5) is 8.78 Å². The highest BCUT2D eigenvalue weighted by molar-refractivity contribution is 5.71. The summed E-state index contributed by atoms with van der Waals surface area (Å²) in [6, 6.07) is 8.42. The summed E-state index contributed by atoms with van der Waals surface area (Å²) in [5.41, 5.74) is 0.624. The Hall–Kier alpha value is -2.43. The molecule has 2 aromatic carbocycles. The third kappa shape index (κ3) is 6.66. The topological polar surface area (TPSA) is 35.5 Å². The van der Waals surface area contributed by atoms with Crippen LogP contribution < -0.4 is 9.47 Å². The van der Waals surface area contributed by atoms with E-state index in [0.717, 1.165) is 18.9 Å². The molecule has 0 aliphatic carbocycles. The Kier molecular flexibility index (Phi) is 8.24. The van der Waals surface area contributed by atoms with Crippen molar-refractivity contribution >= 4 is 5.97 Å². The molecule has 0 aromatic heterocycles. The van der Waals surface area contributed by atoms with E-state index in [1.807, 2.05) is 0 Å². The summed E-state index contributed by atoms with van der Waals surface area (Å²) >= 11 is 0. The Balaban J connectivity index is 1.95. The Labute approximate surface area is 159 Å². The second kappa shape index (κ2) is 10.7. The maximum atomic E-state index is 14.3. The monoisotopic (exact) mass is 376 g/mol. The number of carbonyl (C=O) groups excluding carboxylic acids is 1. The van der Waals surface area contributed by atoms with E-state index in [9.17, 15) is 13.6 Å². The molecular weight excluding hydrogens is 350 g/mol. The predicted molar refractivity (Wildman–Crippen MR) is 102 cm³/mol. The van der Waals surface area contributed by atoms with E-state index in [4.69, 9.17) is 9.47 Å². The molecule has 0 N–H and O–H groups in total. The van der Waals surface area contributed by atoms with Gasteiger partial charge in [-0.3, -0.25) is 4.79 Å². The van der Waals surface area contributed by atoms with Crippen LogP contribution in [0.1, 0.15) is 52.4 Å². The average Bonchev–Trinajstić information content (AvgIpc) is 2.62. The number of esters is 1. The Morgan fingerprint density at radius 3 is 2.33 bits per heavy atom. The molecule has 0 unspecified atom stereocenters. The third-order valence-electron chi connectivity index (χ3n) is 4.20. The highest BCUT2D eigenvalue weighted by Crippen LogP contribution is 2.29. The first-order valence-electron chi connectivity index (χ1n) is 9.42. The molecule has 27 heavy (non-hydrogen) atoms. The fraction of sp³-hybridized carbons (Fsp3) is 0.409. The zero-order chi connectivity index (χ0) is 19.6. The number of ether oxygens (including phenoxy) is 2. The second-order valence-corrected chi connectivity index (χ2v) is 6.50. The maximum Gasteiger partial charge on any atom is 0.308 e. The number of rotatable bonds is 10. The van der Waals surface area contributed by atoms with Gasteiger partial charge in [-0.1, -0.05) is 45.1 Å². The molecule has 0 amide bonds. The van der Waals surface area contributed by atoms with Crippen LogP contribution in [0.2, 0.25) is 0 Å². The zero-order valence-corrected chi connectivity index (χ0v) is 15.9. The summed E-state index contributed by atoms with van der Waals surface area (Å²) in [5.74, 6) is -1.36. The molecule has 0 aliphatic heterocycles. The van der Waals surface area contributed by atoms with Crippen molar-refractivity contribution in [3.8, 4) is 22.6 Å². The summed E-state index contributed by atoms with van der Waals surface area (Å²) in [5, 5.41) is 0. The number of unbranched alkanes of at least 4 members (excludes halogenated alkanes) is 5. The van der Waals surface area contributed by atoms with Crippen LogP contribution in [0.5, 0.6) is 11.5 Å². The number of carbonyl (C=O) groups is 1. The van der Waals surface area contributed by atoms with E-state index < -0.39 is 17.6 Å². The van der Waals surface area contributed by atoms with Crippen molar-refractivity contribution in [2.45, 2.75) is 52.4 Å². The molecule has 146 valence electrons. The van der Waals surface area contributed by atoms with Gasteiger partial charge in [0.25, 0.3) is 0 Å². The molecule has 0 fully saturated rings. The van der Waals surface area contributed by atoms with Crippen LogP contribution in [0, 0.1) is 11.6 Å². The second-order valence-electron chi connectivity index (χ2n) is 6.50. The lowest BCUT2D eigenvalue weighted by atomic mass is 10.0. The normalized spacial score (nSPS) is 10.7. The quantitative estimate of drug-likeness (QED) is 0.277. The van der Waals surface area contributed by atoms with Gasteiger partial charge in [-0.15, -0.1) is 0 Å². The molecule has 2 aromatic rings. The number of hydrogen-bond acceptors (Lipinski definition) is 3. The highest BCUT2D eigenvalue weighted by Gasteiger charge is 2.11. The van der Waals surface area contributed by atoms with Crippen molar-refractivity contribution in [2.75, 3.05) is 6.61 Å². The molecule has 0 spiro atoms. The lowest BCUT2D eigenvalue weighted by Gasteiger charge is -2.10. The van der Waals surface area contributed by atoms with Gasteiger partial charge in [0.05, 0.1) is 6.61 Å². The highest BCUT2D eigenvalue weighted by atomic mass is 19.1. The van der Waals surface area contributed by atoms with Gasteiger partial charge in [-0.25, -0.2) is 8.78 Å². The van der Waals surface area contributed by atoms with Gasteiger partial charge >= 0.3 is 5.97 Å². The molecule has 0 aliphatic rings. The van der Waals surface area contributed by atoms with E-state index in [1.165, 1.54) is 56.9 Å². The van der Waals surface area contributed by atoms with Gasteiger partial charge in [-0.2, -0.15) is 0 Å². The maximum absolute atomic E-state index is 14.3. The van der Waals surface area contributed by atoms with E-state index >= 15 is 0 Å². The predicted octanol–water partition coefficient (Wildman–Crippen LogP) is 6.30. The number of halogens is 2. The Morgan fingerprint density at radius 1 is 0.926 bits per heavy atom. The van der Waals surface area contributed by atoms with Gasteiger partial charge < -0.3 is 9.47 Å². The third-order valence-corrected chi connectivity index (χ3v) is 4.20. The lowest BCUT2D eigenvalue weighted by Crippen LogP contribution is -2.02. The van der Waals surface area contributed by atoms with Crippen LogP contribution in [0.15, 0.2) is 36.4 Å². The summed E-state index contributed by atoms with van der Waals surface area (Å²) in [6.07, 6.45) is 6.80. The summed E-state index contributed by atoms with van der Waals surface area (Å²) in [6.45, 7) is 3.88. The standard InChI is InChI=1S/C22H26F2O3/c1-3-4-5-6-7-8-13-26-22-12-9-17(14-21(22)24)19-11-10-18(15-20(19)23)27-16(2)25/h9-12,14-15H,3-8,13H2,1-2H3. The first-order chi connectivity index (χ1) is 13.0. The largest absolute Gasteiger partial charge is 0.491 e. The van der Waals surface area contributed by atoms with Crippen molar-refractivity contribution in [3.05, 3.63) is 48.0 Å². The first kappa shape index (κ1) is 20.9. The zero-order valence-electron chi connectivity index (χ0n) is 15.9. The molecule has 0 bridgehead atoms. The summed E-state index contributed by atoms with van der Waals surface area (Å²) in [4.78, 5) is 10.9. The van der Waals surface area contributed by atoms with Crippen molar-refractivity contribution in [2.24, 2.45) is 0 Å². The molecule has 0 heterocycles. The van der Waals surface area contributed by atoms with Crippen molar-refractivity contribution in [3.63, 3.8) is 0 Å². The molecule has 2 rings (SSSR count). The summed E-state index contributed by atoms with van der Waals surface area (Å²) in [7, 11) is 0. The van der Waals surface area contributed by atoms with Gasteiger partial charge in [0, 0.05) is 18.6 Å². The van der Waals surface area contributed by atoms with Crippen LogP contribution in [-0.2, 0) is 4.79 Å². The lowest BCUT2D eigenvalue weighted by molar-refractivity contribution is -0.131. The van der Waals surface area contributed by atoms with Gasteiger partial charge in [0.1, 0.15) is 11.6 Å². The van der Waals surface area contributed by atoms with Gasteiger partial charge in [0.15, 0.2) is 11.6 Å². The van der Waals surface area contributed by atoms with Crippen molar-refractivity contribution in [1.29, 1.82) is 0 Å². The molecular formula is C22H26F2O3. The minimum atomic E-state index is -0.589. The van der Waals surface area contributed by atoms with E-state index in [0.29, 0.717) is 12.2 Å². The molecule has 0 atom stereocenters. The molecule has 3 nitrogen and oxygen atoms in total. The van der Waals surface area contributed by atoms with Crippen LogP contribution >= 0.6 is 0 Å².